The summed E-state index contributed by atoms with van der Waals surface area (Å²) in [6.45, 7) is 0. The zero-order chi connectivity index (χ0) is 10.1. The van der Waals surface area contributed by atoms with Crippen molar-refractivity contribution in [3.8, 4) is 0 Å². The molecule has 0 bridgehead atoms. The van der Waals surface area contributed by atoms with E-state index < -0.39 is 5.97 Å². The first-order chi connectivity index (χ1) is 6.72. The number of rotatable bonds is 2. The largest absolute Gasteiger partial charge is 0.476 e. The number of aromatic carboxylic acids is 1. The van der Waals surface area contributed by atoms with Gasteiger partial charge in [-0.2, -0.15) is 5.10 Å². The number of carbonyl (C=O) groups is 2. The van der Waals surface area contributed by atoms with Crippen molar-refractivity contribution in [2.24, 2.45) is 0 Å². The number of hydrogen-bond acceptors (Lipinski definition) is 4. The molecule has 0 spiro atoms. The Morgan fingerprint density at radius 1 is 1.50 bits per heavy atom. The van der Waals surface area contributed by atoms with E-state index in [-0.39, 0.29) is 11.4 Å². The van der Waals surface area contributed by atoms with Crippen molar-refractivity contribution in [3.63, 3.8) is 0 Å². The zero-order valence-corrected chi connectivity index (χ0v) is 6.91. The Labute approximate surface area is 77.8 Å². The first-order valence-corrected chi connectivity index (χ1v) is 3.75. The van der Waals surface area contributed by atoms with Gasteiger partial charge >= 0.3 is 5.97 Å². The van der Waals surface area contributed by atoms with Crippen LogP contribution in [-0.4, -0.2) is 32.0 Å². The Hall–Kier alpha value is -2.24. The summed E-state index contributed by atoms with van der Waals surface area (Å²) in [5.41, 5.74) is 0.541. The molecule has 0 radical (unpaired) electrons. The first-order valence-electron chi connectivity index (χ1n) is 3.75. The van der Waals surface area contributed by atoms with Gasteiger partial charge in [-0.15, -0.1) is 0 Å². The van der Waals surface area contributed by atoms with Crippen molar-refractivity contribution in [2.75, 3.05) is 0 Å². The molecule has 2 rings (SSSR count). The van der Waals surface area contributed by atoms with Gasteiger partial charge in [0.25, 0.3) is 0 Å². The molecule has 0 atom stereocenters. The summed E-state index contributed by atoms with van der Waals surface area (Å²) in [6, 6.07) is 2.82. The molecule has 2 heterocycles. The lowest BCUT2D eigenvalue weighted by Gasteiger charge is -1.95. The highest BCUT2D eigenvalue weighted by molar-refractivity contribution is 5.85. The molecule has 1 N–H and O–H groups in total. The highest BCUT2D eigenvalue weighted by atomic mass is 16.4. The smallest absolute Gasteiger partial charge is 0.356 e. The predicted octanol–water partition coefficient (Wildman–Crippen LogP) is 0.240. The fourth-order valence-electron chi connectivity index (χ4n) is 1.09. The minimum atomic E-state index is -1.14. The van der Waals surface area contributed by atoms with Gasteiger partial charge in [0.05, 0.1) is 6.20 Å². The SMILES string of the molecule is O=Cc1cnc2ccc(C(=O)O)nn12. The lowest BCUT2D eigenvalue weighted by atomic mass is 10.4. The first kappa shape index (κ1) is 8.36. The Bertz CT molecular complexity index is 518. The van der Waals surface area contributed by atoms with E-state index in [0.29, 0.717) is 11.9 Å². The summed E-state index contributed by atoms with van der Waals surface area (Å²) in [5.74, 6) is -1.14. The van der Waals surface area contributed by atoms with Crippen LogP contribution >= 0.6 is 0 Å². The van der Waals surface area contributed by atoms with Gasteiger partial charge in [-0.25, -0.2) is 14.3 Å². The third-order valence-electron chi connectivity index (χ3n) is 1.73. The number of carboxylic acids is 1. The Balaban J connectivity index is 2.73. The predicted molar refractivity (Wildman–Crippen MR) is 45.3 cm³/mol. The highest BCUT2D eigenvalue weighted by Gasteiger charge is 2.08. The Kier molecular flexibility index (Phi) is 1.74. The molecule has 0 fully saturated rings. The number of hydrogen-bond donors (Lipinski definition) is 1. The summed E-state index contributed by atoms with van der Waals surface area (Å²) >= 11 is 0. The van der Waals surface area contributed by atoms with E-state index in [1.54, 1.807) is 0 Å². The van der Waals surface area contributed by atoms with Gasteiger partial charge in [-0.1, -0.05) is 0 Å². The number of aldehydes is 1. The fourth-order valence-corrected chi connectivity index (χ4v) is 1.09. The molecule has 0 amide bonds. The molecule has 0 saturated carbocycles. The van der Waals surface area contributed by atoms with E-state index in [1.807, 2.05) is 0 Å². The number of carboxylic acid groups (broad SMARTS) is 1. The second-order valence-electron chi connectivity index (χ2n) is 2.59. The van der Waals surface area contributed by atoms with Crippen LogP contribution < -0.4 is 0 Å². The molecule has 70 valence electrons. The van der Waals surface area contributed by atoms with E-state index in [1.165, 1.54) is 22.8 Å². The maximum Gasteiger partial charge on any atom is 0.356 e. The quantitative estimate of drug-likeness (QED) is 0.687. The van der Waals surface area contributed by atoms with Crippen molar-refractivity contribution in [2.45, 2.75) is 0 Å². The van der Waals surface area contributed by atoms with Crippen molar-refractivity contribution in [1.29, 1.82) is 0 Å². The van der Waals surface area contributed by atoms with Crippen molar-refractivity contribution >= 4 is 17.9 Å². The van der Waals surface area contributed by atoms with E-state index in [9.17, 15) is 9.59 Å². The average molecular weight is 191 g/mol. The van der Waals surface area contributed by atoms with Crippen molar-refractivity contribution in [1.82, 2.24) is 14.6 Å². The van der Waals surface area contributed by atoms with Crippen molar-refractivity contribution < 1.29 is 14.7 Å². The van der Waals surface area contributed by atoms with Gasteiger partial charge in [-0.3, -0.25) is 4.79 Å². The second kappa shape index (κ2) is 2.91. The molecule has 0 aliphatic carbocycles. The van der Waals surface area contributed by atoms with Crippen LogP contribution in [0.5, 0.6) is 0 Å². The maximum atomic E-state index is 10.6. The normalized spacial score (nSPS) is 10.3. The molecular formula is C8H5N3O3. The standard InChI is InChI=1S/C8H5N3O3/c12-4-5-3-9-7-2-1-6(8(13)14)10-11(5)7/h1-4H,(H,13,14). The monoisotopic (exact) mass is 191 g/mol. The van der Waals surface area contributed by atoms with E-state index in [0.717, 1.165) is 0 Å². The number of nitrogens with zero attached hydrogens (tertiary/aromatic N) is 3. The number of fused-ring (bicyclic) bond motifs is 1. The summed E-state index contributed by atoms with van der Waals surface area (Å²) in [6.07, 6.45) is 1.90. The van der Waals surface area contributed by atoms with Gasteiger partial charge in [-0.05, 0) is 12.1 Å². The average Bonchev–Trinajstić information content (AvgIpc) is 2.59. The summed E-state index contributed by atoms with van der Waals surface area (Å²) < 4.78 is 1.19. The summed E-state index contributed by atoms with van der Waals surface area (Å²) in [5, 5.41) is 12.4. The molecule has 0 aromatic carbocycles. The fraction of sp³-hybridized carbons (Fsp3) is 0. The van der Waals surface area contributed by atoms with Gasteiger partial charge in [0.1, 0.15) is 5.69 Å². The number of imidazole rings is 1. The molecule has 0 aliphatic rings. The van der Waals surface area contributed by atoms with Crippen molar-refractivity contribution in [3.05, 3.63) is 29.7 Å². The van der Waals surface area contributed by atoms with Crippen LogP contribution in [0.15, 0.2) is 18.3 Å². The molecule has 0 aliphatic heterocycles. The molecule has 0 unspecified atom stereocenters. The molecule has 0 saturated heterocycles. The maximum absolute atomic E-state index is 10.6. The molecule has 14 heavy (non-hydrogen) atoms. The van der Waals surface area contributed by atoms with Crippen LogP contribution in [0.4, 0.5) is 0 Å². The van der Waals surface area contributed by atoms with Crippen LogP contribution in [0.25, 0.3) is 5.65 Å². The van der Waals surface area contributed by atoms with Crippen LogP contribution in [-0.2, 0) is 0 Å². The topological polar surface area (TPSA) is 84.6 Å². The van der Waals surface area contributed by atoms with Crippen LogP contribution in [0, 0.1) is 0 Å². The summed E-state index contributed by atoms with van der Waals surface area (Å²) in [4.78, 5) is 25.0. The van der Waals surface area contributed by atoms with Crippen LogP contribution in [0.3, 0.4) is 0 Å². The third-order valence-corrected chi connectivity index (χ3v) is 1.73. The highest BCUT2D eigenvalue weighted by Crippen LogP contribution is 2.04. The lowest BCUT2D eigenvalue weighted by molar-refractivity contribution is 0.0688. The third kappa shape index (κ3) is 1.13. The molecule has 2 aromatic rings. The number of carbonyl (C=O) groups excluding carboxylic acids is 1. The zero-order valence-electron chi connectivity index (χ0n) is 6.91. The Morgan fingerprint density at radius 3 is 2.93 bits per heavy atom. The Morgan fingerprint density at radius 2 is 2.29 bits per heavy atom. The van der Waals surface area contributed by atoms with Gasteiger partial charge in [0, 0.05) is 0 Å². The molecular weight excluding hydrogens is 186 g/mol. The summed E-state index contributed by atoms with van der Waals surface area (Å²) in [7, 11) is 0. The molecule has 6 heteroatoms. The van der Waals surface area contributed by atoms with E-state index in [2.05, 4.69) is 10.1 Å². The minimum Gasteiger partial charge on any atom is -0.476 e. The van der Waals surface area contributed by atoms with Crippen LogP contribution in [0.2, 0.25) is 0 Å². The second-order valence-corrected chi connectivity index (χ2v) is 2.59. The van der Waals surface area contributed by atoms with E-state index >= 15 is 0 Å². The molecule has 2 aromatic heterocycles. The van der Waals surface area contributed by atoms with Gasteiger partial charge in [0.15, 0.2) is 17.6 Å². The molecule has 6 nitrogen and oxygen atoms in total. The number of aromatic nitrogens is 3. The van der Waals surface area contributed by atoms with E-state index in [4.69, 9.17) is 5.11 Å². The van der Waals surface area contributed by atoms with Gasteiger partial charge < -0.3 is 5.11 Å². The lowest BCUT2D eigenvalue weighted by Crippen LogP contribution is -2.05. The minimum absolute atomic E-state index is 0.126. The van der Waals surface area contributed by atoms with Gasteiger partial charge in [0.2, 0.25) is 0 Å². The van der Waals surface area contributed by atoms with Crippen LogP contribution in [0.1, 0.15) is 21.0 Å².